The van der Waals surface area contributed by atoms with E-state index in [2.05, 4.69) is 0 Å². The SMILES string of the molecule is CC(=O)O[C@H]1[C@@H](O)[C@]23CO[C@H](OC(=O)C(C)C)[C@](C)([C@H]1OC(C)=O)[C@H]2C[C@H](O)[C@@]1(C)C3C(=O)[C@@H](O)[C@]2(C)[C@@H](c3ccoc3)C[C@@H]3O[C@@]321. The second kappa shape index (κ2) is 10.1. The lowest BCUT2D eigenvalue weighted by Crippen LogP contribution is -2.84. The molecule has 0 amide bonds. The minimum absolute atomic E-state index is 0.0299. The number of rotatable bonds is 5. The van der Waals surface area contributed by atoms with Gasteiger partial charge in [-0.15, -0.1) is 0 Å². The van der Waals surface area contributed by atoms with E-state index < -0.39 is 112 Å². The number of ether oxygens (including phenoxy) is 5. The molecule has 3 heterocycles. The molecule has 13 nitrogen and oxygen atoms in total. The van der Waals surface area contributed by atoms with Gasteiger partial charge in [0.1, 0.15) is 17.8 Å². The van der Waals surface area contributed by atoms with Crippen LogP contribution in [-0.4, -0.2) is 94.1 Å². The third-order valence-corrected chi connectivity index (χ3v) is 13.3. The van der Waals surface area contributed by atoms with Gasteiger partial charge in [0.25, 0.3) is 0 Å². The van der Waals surface area contributed by atoms with E-state index in [1.165, 1.54) is 6.26 Å². The number of carbonyl (C=O) groups excluding carboxylic acids is 4. The number of hydrogen-bond acceptors (Lipinski definition) is 13. The summed E-state index contributed by atoms with van der Waals surface area (Å²) in [6.07, 6.45) is -5.57. The van der Waals surface area contributed by atoms with E-state index in [4.69, 9.17) is 28.1 Å². The summed E-state index contributed by atoms with van der Waals surface area (Å²) < 4.78 is 35.6. The quantitative estimate of drug-likeness (QED) is 0.235. The molecule has 4 aliphatic carbocycles. The number of fused-ring (bicyclic) bond motifs is 1. The van der Waals surface area contributed by atoms with Gasteiger partial charge in [0.05, 0.1) is 42.7 Å². The van der Waals surface area contributed by atoms with Crippen LogP contribution < -0.4 is 0 Å². The van der Waals surface area contributed by atoms with Crippen molar-refractivity contribution >= 4 is 23.7 Å². The molecule has 6 aliphatic rings. The van der Waals surface area contributed by atoms with Crippen molar-refractivity contribution in [3.63, 3.8) is 0 Å². The predicted octanol–water partition coefficient (Wildman–Crippen LogP) is 1.64. The van der Waals surface area contributed by atoms with Crippen LogP contribution in [0.4, 0.5) is 0 Å². The van der Waals surface area contributed by atoms with Gasteiger partial charge in [0.2, 0.25) is 6.29 Å². The molecule has 7 rings (SSSR count). The summed E-state index contributed by atoms with van der Waals surface area (Å²) in [4.78, 5) is 53.1. The Labute approximate surface area is 272 Å². The molecule has 1 aromatic heterocycles. The molecule has 1 unspecified atom stereocenters. The molecular formula is C34H44O13. The van der Waals surface area contributed by atoms with Crippen LogP contribution in [0.2, 0.25) is 0 Å². The fraction of sp³-hybridized carbons (Fsp3) is 0.765. The molecule has 13 heteroatoms. The molecule has 15 atom stereocenters. The Morgan fingerprint density at radius 2 is 1.66 bits per heavy atom. The molecule has 258 valence electrons. The van der Waals surface area contributed by atoms with Crippen LogP contribution >= 0.6 is 0 Å². The van der Waals surface area contributed by atoms with Gasteiger partial charge < -0.3 is 43.4 Å². The molecule has 2 aliphatic heterocycles. The van der Waals surface area contributed by atoms with Crippen molar-refractivity contribution in [3.8, 4) is 0 Å². The van der Waals surface area contributed by atoms with E-state index in [0.29, 0.717) is 6.42 Å². The first-order valence-corrected chi connectivity index (χ1v) is 16.4. The first kappa shape index (κ1) is 32.7. The van der Waals surface area contributed by atoms with E-state index in [1.54, 1.807) is 40.0 Å². The Balaban J connectivity index is 1.43. The lowest BCUT2D eigenvalue weighted by Gasteiger charge is -2.73. The van der Waals surface area contributed by atoms with Gasteiger partial charge in [-0.05, 0) is 37.3 Å². The molecule has 1 aromatic rings. The number of carbonyl (C=O) groups is 4. The molecule has 4 saturated carbocycles. The number of hydrogen-bond donors (Lipinski definition) is 3. The Morgan fingerprint density at radius 1 is 0.979 bits per heavy atom. The zero-order valence-corrected chi connectivity index (χ0v) is 27.6. The molecule has 1 spiro atoms. The molecule has 2 saturated heterocycles. The van der Waals surface area contributed by atoms with E-state index in [-0.39, 0.29) is 18.9 Å². The molecule has 3 N–H and O–H groups in total. The third kappa shape index (κ3) is 3.67. The molecule has 0 aromatic carbocycles. The van der Waals surface area contributed by atoms with Crippen LogP contribution in [0.1, 0.15) is 72.8 Å². The Kier molecular flexibility index (Phi) is 7.02. The maximum Gasteiger partial charge on any atom is 0.310 e. The van der Waals surface area contributed by atoms with Gasteiger partial charge in [-0.2, -0.15) is 0 Å². The summed E-state index contributed by atoms with van der Waals surface area (Å²) in [6.45, 7) is 10.5. The van der Waals surface area contributed by atoms with E-state index in [9.17, 15) is 34.5 Å². The number of ketones is 1. The van der Waals surface area contributed by atoms with Gasteiger partial charge in [-0.1, -0.05) is 27.7 Å². The van der Waals surface area contributed by atoms with Gasteiger partial charge in [-0.25, -0.2) is 0 Å². The van der Waals surface area contributed by atoms with Gasteiger partial charge in [0, 0.05) is 41.9 Å². The Morgan fingerprint density at radius 3 is 2.26 bits per heavy atom. The minimum Gasteiger partial charge on any atom is -0.472 e. The highest BCUT2D eigenvalue weighted by Gasteiger charge is 2.92. The second-order valence-electron chi connectivity index (χ2n) is 15.6. The fourth-order valence-corrected chi connectivity index (χ4v) is 11.4. The second-order valence-corrected chi connectivity index (χ2v) is 15.6. The lowest BCUT2D eigenvalue weighted by atomic mass is 9.33. The number of epoxide rings is 1. The first-order valence-electron chi connectivity index (χ1n) is 16.4. The zero-order chi connectivity index (χ0) is 34.2. The highest BCUT2D eigenvalue weighted by molar-refractivity contribution is 5.91. The smallest absolute Gasteiger partial charge is 0.310 e. The van der Waals surface area contributed by atoms with Crippen molar-refractivity contribution in [1.82, 2.24) is 0 Å². The number of Topliss-reactive ketones (excluding diaryl/α,β-unsaturated/α-hetero) is 1. The van der Waals surface area contributed by atoms with Crippen molar-refractivity contribution in [2.75, 3.05) is 6.61 Å². The third-order valence-electron chi connectivity index (χ3n) is 13.3. The zero-order valence-electron chi connectivity index (χ0n) is 27.6. The predicted molar refractivity (Wildman–Crippen MR) is 157 cm³/mol. The average Bonchev–Trinajstić information content (AvgIpc) is 3.35. The summed E-state index contributed by atoms with van der Waals surface area (Å²) in [6, 6.07) is 1.80. The van der Waals surface area contributed by atoms with Crippen molar-refractivity contribution in [2.24, 2.45) is 39.4 Å². The first-order chi connectivity index (χ1) is 21.9. The lowest BCUT2D eigenvalue weighted by molar-refractivity contribution is -0.391. The van der Waals surface area contributed by atoms with Crippen LogP contribution in [0.3, 0.4) is 0 Å². The highest BCUT2D eigenvalue weighted by Crippen LogP contribution is 2.82. The molecule has 0 radical (unpaired) electrons. The normalized spacial score (nSPS) is 50.8. The van der Waals surface area contributed by atoms with E-state index in [1.807, 2.05) is 6.92 Å². The Hall–Kier alpha value is -2.84. The highest BCUT2D eigenvalue weighted by atomic mass is 16.7. The standard InChI is InChI=1S/C34H44O13/c1-14(2)28(41)46-29-30(5)19-11-20(37)32(7)24(33(19,13-43-29)26(40)23(44-15(3)35)27(30)45-16(4)36)22(38)25(39)31(6)18(17-8-9-42-12-17)10-21-34(31,32)47-21/h8-9,12,14,18-21,23-27,29,37,39-40H,10-11,13H2,1-7H3/t18-,19-,20+,21+,23+,24?,25-,26-,27+,29-,30+,31+,32+,33-,34+/m1/s1. The van der Waals surface area contributed by atoms with Gasteiger partial charge >= 0.3 is 17.9 Å². The topological polar surface area (TPSA) is 192 Å². The van der Waals surface area contributed by atoms with Gasteiger partial charge in [-0.3, -0.25) is 19.2 Å². The molecule has 47 heavy (non-hydrogen) atoms. The molecule has 2 bridgehead atoms. The van der Waals surface area contributed by atoms with E-state index in [0.717, 1.165) is 19.4 Å². The summed E-state index contributed by atoms with van der Waals surface area (Å²) >= 11 is 0. The monoisotopic (exact) mass is 660 g/mol. The summed E-state index contributed by atoms with van der Waals surface area (Å²) in [5.41, 5.74) is -6.04. The van der Waals surface area contributed by atoms with Crippen molar-refractivity contribution in [1.29, 1.82) is 0 Å². The largest absolute Gasteiger partial charge is 0.472 e. The minimum atomic E-state index is -1.66. The van der Waals surface area contributed by atoms with Crippen LogP contribution in [0.25, 0.3) is 0 Å². The van der Waals surface area contributed by atoms with Crippen molar-refractivity contribution < 1.29 is 62.6 Å². The van der Waals surface area contributed by atoms with Crippen molar-refractivity contribution in [3.05, 3.63) is 24.2 Å². The number of aliphatic hydroxyl groups excluding tert-OH is 3. The summed E-state index contributed by atoms with van der Waals surface area (Å²) in [7, 11) is 0. The summed E-state index contributed by atoms with van der Waals surface area (Å²) in [5.74, 6) is -5.77. The average molecular weight is 661 g/mol. The van der Waals surface area contributed by atoms with E-state index >= 15 is 0 Å². The van der Waals surface area contributed by atoms with Gasteiger partial charge in [0.15, 0.2) is 18.0 Å². The number of furan rings is 1. The number of aliphatic hydroxyl groups is 3. The summed E-state index contributed by atoms with van der Waals surface area (Å²) in [5, 5.41) is 37.1. The van der Waals surface area contributed by atoms with Crippen molar-refractivity contribution in [2.45, 2.75) is 116 Å². The molecular weight excluding hydrogens is 616 g/mol. The van der Waals surface area contributed by atoms with Crippen LogP contribution in [-0.2, 0) is 42.9 Å². The Bertz CT molecular complexity index is 1510. The maximum absolute atomic E-state index is 15.0. The maximum atomic E-state index is 15.0. The van der Waals surface area contributed by atoms with Crippen LogP contribution in [0, 0.1) is 39.4 Å². The van der Waals surface area contributed by atoms with Crippen LogP contribution in [0.15, 0.2) is 23.0 Å². The number of esters is 3. The fourth-order valence-electron chi connectivity index (χ4n) is 11.4. The van der Waals surface area contributed by atoms with Crippen LogP contribution in [0.5, 0.6) is 0 Å². The molecule has 6 fully saturated rings.